The van der Waals surface area contributed by atoms with E-state index in [1.807, 2.05) is 43.5 Å². The molecule has 0 amide bonds. The molecule has 1 fully saturated rings. The van der Waals surface area contributed by atoms with Crippen LogP contribution in [0.25, 0.3) is 22.5 Å². The fourth-order valence-electron chi connectivity index (χ4n) is 5.63. The lowest BCUT2D eigenvalue weighted by Gasteiger charge is -2.34. The third kappa shape index (κ3) is 7.11. The lowest BCUT2D eigenvalue weighted by molar-refractivity contribution is 0.122. The zero-order valence-corrected chi connectivity index (χ0v) is 26.5. The number of H-pyrrole nitrogens is 1. The number of aromatic nitrogens is 4. The first-order chi connectivity index (χ1) is 22.3. The van der Waals surface area contributed by atoms with Gasteiger partial charge in [0.15, 0.2) is 0 Å². The number of fused-ring (bicyclic) bond motifs is 1. The predicted octanol–water partition coefficient (Wildman–Crippen LogP) is 4.91. The maximum absolute atomic E-state index is 12.2. The van der Waals surface area contributed by atoms with Crippen molar-refractivity contribution >= 4 is 28.3 Å². The Balaban J connectivity index is 1.03. The first kappa shape index (κ1) is 31.4. The smallest absolute Gasteiger partial charge is 0.251 e. The zero-order valence-electron chi connectivity index (χ0n) is 25.7. The van der Waals surface area contributed by atoms with Gasteiger partial charge in [0.2, 0.25) is 11.8 Å². The van der Waals surface area contributed by atoms with Crippen LogP contribution in [0.1, 0.15) is 48.0 Å². The highest BCUT2D eigenvalue weighted by molar-refractivity contribution is 6.32. The number of pyridine rings is 2. The minimum Gasteiger partial charge on any atom is -0.418 e. The van der Waals surface area contributed by atoms with Crippen LogP contribution < -0.4 is 10.9 Å². The van der Waals surface area contributed by atoms with Crippen molar-refractivity contribution in [2.75, 3.05) is 31.5 Å². The van der Waals surface area contributed by atoms with Crippen LogP contribution in [-0.2, 0) is 19.5 Å². The van der Waals surface area contributed by atoms with Crippen LogP contribution >= 0.6 is 11.6 Å². The van der Waals surface area contributed by atoms with Gasteiger partial charge >= 0.3 is 0 Å². The monoisotopic (exact) mass is 638 g/mol. The lowest BCUT2D eigenvalue weighted by atomic mass is 10.1. The third-order valence-electron chi connectivity index (χ3n) is 8.29. The molecule has 4 heterocycles. The number of rotatable bonds is 10. The molecule has 6 rings (SSSR count). The van der Waals surface area contributed by atoms with Crippen molar-refractivity contribution in [3.8, 4) is 17.5 Å². The molecule has 5 aromatic rings. The maximum atomic E-state index is 12.2. The molecule has 11 nitrogen and oxygen atoms in total. The van der Waals surface area contributed by atoms with Crippen molar-refractivity contribution in [2.45, 2.75) is 45.5 Å². The summed E-state index contributed by atoms with van der Waals surface area (Å²) >= 11 is 6.17. The van der Waals surface area contributed by atoms with Crippen LogP contribution in [0.15, 0.2) is 70.0 Å². The van der Waals surface area contributed by atoms with E-state index in [1.165, 1.54) is 5.56 Å². The molecule has 236 valence electrons. The fraction of sp³-hybridized carbons (Fsp3) is 0.324. The molecule has 12 heteroatoms. The molecule has 2 atom stereocenters. The predicted molar refractivity (Wildman–Crippen MR) is 176 cm³/mol. The summed E-state index contributed by atoms with van der Waals surface area (Å²) in [6.07, 6.45) is 1.76. The minimum absolute atomic E-state index is 0.0399. The number of aliphatic hydroxyl groups is 1. The largest absolute Gasteiger partial charge is 0.418 e. The van der Waals surface area contributed by atoms with Crippen molar-refractivity contribution in [2.24, 2.45) is 0 Å². The van der Waals surface area contributed by atoms with Gasteiger partial charge < -0.3 is 19.8 Å². The normalized spacial score (nSPS) is 15.5. The van der Waals surface area contributed by atoms with E-state index in [1.54, 1.807) is 25.1 Å². The SMILES string of the molecule is CCc1cc2ncc(CN3CCN(Cc4ccc(-c5nnc([C@H](Nc6ccc(C#N)c(Cl)c6)[C@H](C)O)o5)cc4)CC3)cc2[nH]c1=O. The minimum atomic E-state index is -0.839. The molecular weight excluding hydrogens is 604 g/mol. The van der Waals surface area contributed by atoms with E-state index in [2.05, 4.69) is 47.4 Å². The van der Waals surface area contributed by atoms with Crippen LogP contribution in [0.5, 0.6) is 0 Å². The Kier molecular flexibility index (Phi) is 9.42. The second-order valence-corrected chi connectivity index (χ2v) is 12.0. The fourth-order valence-corrected chi connectivity index (χ4v) is 5.85. The molecule has 3 aromatic heterocycles. The molecule has 3 N–H and O–H groups in total. The number of nitrogens with zero attached hydrogens (tertiary/aromatic N) is 6. The Morgan fingerprint density at radius 2 is 1.76 bits per heavy atom. The number of nitrogens with one attached hydrogen (secondary N) is 2. The van der Waals surface area contributed by atoms with Gasteiger partial charge in [0.25, 0.3) is 5.56 Å². The molecule has 1 saturated heterocycles. The number of piperazine rings is 1. The Morgan fingerprint density at radius 3 is 2.41 bits per heavy atom. The molecule has 46 heavy (non-hydrogen) atoms. The summed E-state index contributed by atoms with van der Waals surface area (Å²) in [5, 5.41) is 31.4. The molecule has 0 spiro atoms. The number of anilines is 1. The van der Waals surface area contributed by atoms with E-state index >= 15 is 0 Å². The number of nitriles is 1. The van der Waals surface area contributed by atoms with E-state index < -0.39 is 12.1 Å². The number of hydrogen-bond donors (Lipinski definition) is 3. The van der Waals surface area contributed by atoms with Gasteiger partial charge in [-0.2, -0.15) is 5.26 Å². The third-order valence-corrected chi connectivity index (χ3v) is 8.60. The highest BCUT2D eigenvalue weighted by atomic mass is 35.5. The molecule has 0 bridgehead atoms. The average Bonchev–Trinajstić information content (AvgIpc) is 3.54. The number of halogens is 1. The molecule has 0 radical (unpaired) electrons. The van der Waals surface area contributed by atoms with Gasteiger partial charge in [-0.3, -0.25) is 19.6 Å². The first-order valence-corrected chi connectivity index (χ1v) is 15.7. The van der Waals surface area contributed by atoms with Crippen molar-refractivity contribution < 1.29 is 9.52 Å². The van der Waals surface area contributed by atoms with Gasteiger partial charge in [0, 0.05) is 62.3 Å². The second-order valence-electron chi connectivity index (χ2n) is 11.6. The second kappa shape index (κ2) is 13.8. The van der Waals surface area contributed by atoms with Crippen LogP contribution in [0.2, 0.25) is 5.02 Å². The number of aryl methyl sites for hydroxylation is 1. The average molecular weight is 639 g/mol. The number of aliphatic hydroxyl groups excluding tert-OH is 1. The number of hydrogen-bond acceptors (Lipinski definition) is 10. The highest BCUT2D eigenvalue weighted by Crippen LogP contribution is 2.28. The first-order valence-electron chi connectivity index (χ1n) is 15.3. The lowest BCUT2D eigenvalue weighted by Crippen LogP contribution is -2.45. The van der Waals surface area contributed by atoms with Gasteiger partial charge in [-0.15, -0.1) is 10.2 Å². The van der Waals surface area contributed by atoms with Crippen LogP contribution in [0.4, 0.5) is 5.69 Å². The van der Waals surface area contributed by atoms with Crippen LogP contribution in [0, 0.1) is 11.3 Å². The topological polar surface area (TPSA) is 147 Å². The van der Waals surface area contributed by atoms with Crippen molar-refractivity contribution in [1.29, 1.82) is 5.26 Å². The molecule has 1 aliphatic rings. The summed E-state index contributed by atoms with van der Waals surface area (Å²) in [5.74, 6) is 0.601. The van der Waals surface area contributed by atoms with Crippen molar-refractivity contribution in [3.05, 3.63) is 104 Å². The quantitative estimate of drug-likeness (QED) is 0.193. The van der Waals surface area contributed by atoms with Crippen molar-refractivity contribution in [3.63, 3.8) is 0 Å². The van der Waals surface area contributed by atoms with E-state index in [4.69, 9.17) is 21.3 Å². The Bertz CT molecular complexity index is 1920. The van der Waals surface area contributed by atoms with Gasteiger partial charge in [-0.05, 0) is 66.9 Å². The van der Waals surface area contributed by atoms with Gasteiger partial charge in [0.1, 0.15) is 12.1 Å². The highest BCUT2D eigenvalue weighted by Gasteiger charge is 2.25. The maximum Gasteiger partial charge on any atom is 0.251 e. The summed E-state index contributed by atoms with van der Waals surface area (Å²) in [4.78, 5) is 24.7. The van der Waals surface area contributed by atoms with Crippen LogP contribution in [0.3, 0.4) is 0 Å². The Morgan fingerprint density at radius 1 is 1.04 bits per heavy atom. The van der Waals surface area contributed by atoms with E-state index in [0.717, 1.165) is 67.0 Å². The molecule has 1 aliphatic heterocycles. The van der Waals surface area contributed by atoms with Gasteiger partial charge in [-0.25, -0.2) is 0 Å². The standard InChI is InChI=1S/C34H35ClN8O3/c1-3-24-15-29-30(39-32(24)45)14-23(18-37-29)20-43-12-10-42(11-13-43)19-22-4-6-25(7-5-22)33-40-41-34(46-33)31(21(2)44)38-27-9-8-26(17-36)28(35)16-27/h4-9,14-16,18,21,31,38,44H,3,10-13,19-20H2,1-2H3,(H,39,45)/t21-,31+/m0/s1. The van der Waals surface area contributed by atoms with Gasteiger partial charge in [0.05, 0.1) is 27.7 Å². The molecule has 0 unspecified atom stereocenters. The summed E-state index contributed by atoms with van der Waals surface area (Å²) in [6.45, 7) is 9.02. The van der Waals surface area contributed by atoms with Crippen molar-refractivity contribution in [1.82, 2.24) is 30.0 Å². The number of aromatic amines is 1. The molecular formula is C34H35ClN8O3. The summed E-state index contributed by atoms with van der Waals surface area (Å²) in [6, 6.07) is 18.3. The molecule has 0 aliphatic carbocycles. The van der Waals surface area contributed by atoms with E-state index in [9.17, 15) is 9.90 Å². The molecule has 0 saturated carbocycles. The van der Waals surface area contributed by atoms with E-state index in [-0.39, 0.29) is 11.4 Å². The number of benzene rings is 2. The Labute approximate surface area is 271 Å². The summed E-state index contributed by atoms with van der Waals surface area (Å²) in [7, 11) is 0. The Hall–Kier alpha value is -4.60. The van der Waals surface area contributed by atoms with E-state index in [0.29, 0.717) is 28.6 Å². The molecule has 2 aromatic carbocycles. The zero-order chi connectivity index (χ0) is 32.2. The van der Waals surface area contributed by atoms with Crippen LogP contribution in [-0.4, -0.2) is 67.4 Å². The summed E-state index contributed by atoms with van der Waals surface area (Å²) in [5.41, 5.74) is 6.37. The summed E-state index contributed by atoms with van der Waals surface area (Å²) < 4.78 is 5.96. The van der Waals surface area contributed by atoms with Gasteiger partial charge in [-0.1, -0.05) is 30.7 Å².